The molecule has 0 aliphatic rings. The molecule has 5 heteroatoms. The fourth-order valence-corrected chi connectivity index (χ4v) is 1.94. The van der Waals surface area contributed by atoms with Gasteiger partial charge in [-0.15, -0.1) is 0 Å². The first kappa shape index (κ1) is 19.0. The van der Waals surface area contributed by atoms with Crippen LogP contribution in [0.1, 0.15) is 50.5 Å². The summed E-state index contributed by atoms with van der Waals surface area (Å²) in [5, 5.41) is 9.51. The highest BCUT2D eigenvalue weighted by molar-refractivity contribution is 5.94. The monoisotopic (exact) mass is 318 g/mol. The SMILES string of the molecule is CN=C(NCc1cccc(C(=O)NC(C)(C)C)c1)NCC(C)C. The highest BCUT2D eigenvalue weighted by Crippen LogP contribution is 2.08. The average Bonchev–Trinajstić information content (AvgIpc) is 2.45. The zero-order chi connectivity index (χ0) is 17.5. The van der Waals surface area contributed by atoms with Gasteiger partial charge in [0.25, 0.3) is 5.91 Å². The Morgan fingerprint density at radius 1 is 1.22 bits per heavy atom. The van der Waals surface area contributed by atoms with E-state index in [2.05, 4.69) is 34.8 Å². The van der Waals surface area contributed by atoms with E-state index in [1.165, 1.54) is 0 Å². The summed E-state index contributed by atoms with van der Waals surface area (Å²) in [6, 6.07) is 7.63. The van der Waals surface area contributed by atoms with Gasteiger partial charge in [0.2, 0.25) is 0 Å². The Kier molecular flexibility index (Phi) is 7.07. The minimum atomic E-state index is -0.242. The highest BCUT2D eigenvalue weighted by Gasteiger charge is 2.15. The molecule has 1 amide bonds. The van der Waals surface area contributed by atoms with Crippen molar-refractivity contribution >= 4 is 11.9 Å². The Bertz CT molecular complexity index is 544. The Morgan fingerprint density at radius 2 is 1.91 bits per heavy atom. The van der Waals surface area contributed by atoms with Gasteiger partial charge in [0.15, 0.2) is 5.96 Å². The Labute approximate surface area is 140 Å². The predicted molar refractivity (Wildman–Crippen MR) is 96.7 cm³/mol. The van der Waals surface area contributed by atoms with Gasteiger partial charge in [-0.2, -0.15) is 0 Å². The van der Waals surface area contributed by atoms with Gasteiger partial charge in [-0.25, -0.2) is 0 Å². The van der Waals surface area contributed by atoms with E-state index < -0.39 is 0 Å². The van der Waals surface area contributed by atoms with Gasteiger partial charge in [-0.3, -0.25) is 9.79 Å². The van der Waals surface area contributed by atoms with Crippen LogP contribution in [0.5, 0.6) is 0 Å². The van der Waals surface area contributed by atoms with E-state index in [4.69, 9.17) is 0 Å². The van der Waals surface area contributed by atoms with Crippen LogP contribution in [0, 0.1) is 5.92 Å². The maximum Gasteiger partial charge on any atom is 0.251 e. The second kappa shape index (κ2) is 8.56. The van der Waals surface area contributed by atoms with Crippen molar-refractivity contribution in [2.75, 3.05) is 13.6 Å². The fraction of sp³-hybridized carbons (Fsp3) is 0.556. The molecule has 0 atom stereocenters. The fourth-order valence-electron chi connectivity index (χ4n) is 1.94. The normalized spacial score (nSPS) is 12.2. The van der Waals surface area contributed by atoms with Crippen molar-refractivity contribution < 1.29 is 4.79 Å². The number of amides is 1. The molecule has 0 saturated carbocycles. The van der Waals surface area contributed by atoms with Crippen molar-refractivity contribution in [3.63, 3.8) is 0 Å². The minimum absolute atomic E-state index is 0.0540. The van der Waals surface area contributed by atoms with E-state index in [1.54, 1.807) is 7.05 Å². The van der Waals surface area contributed by atoms with Gasteiger partial charge < -0.3 is 16.0 Å². The number of rotatable bonds is 5. The minimum Gasteiger partial charge on any atom is -0.356 e. The van der Waals surface area contributed by atoms with Crippen molar-refractivity contribution in [3.8, 4) is 0 Å². The quantitative estimate of drug-likeness (QED) is 0.577. The zero-order valence-electron chi connectivity index (χ0n) is 15.2. The summed E-state index contributed by atoms with van der Waals surface area (Å²) in [5.41, 5.74) is 1.47. The van der Waals surface area contributed by atoms with Gasteiger partial charge in [0.1, 0.15) is 0 Å². The van der Waals surface area contributed by atoms with Crippen LogP contribution in [0.25, 0.3) is 0 Å². The molecule has 0 aliphatic carbocycles. The summed E-state index contributed by atoms with van der Waals surface area (Å²) in [5.74, 6) is 1.27. The molecular formula is C18H30N4O. The van der Waals surface area contributed by atoms with E-state index in [1.807, 2.05) is 45.0 Å². The van der Waals surface area contributed by atoms with E-state index in [-0.39, 0.29) is 11.4 Å². The largest absolute Gasteiger partial charge is 0.356 e. The second-order valence-corrected chi connectivity index (χ2v) is 7.11. The topological polar surface area (TPSA) is 65.5 Å². The molecular weight excluding hydrogens is 288 g/mol. The third-order valence-electron chi connectivity index (χ3n) is 3.04. The van der Waals surface area contributed by atoms with Crippen molar-refractivity contribution in [2.24, 2.45) is 10.9 Å². The first-order chi connectivity index (χ1) is 10.7. The molecule has 0 unspecified atom stereocenters. The van der Waals surface area contributed by atoms with Crippen LogP contribution in [0.15, 0.2) is 29.3 Å². The standard InChI is InChI=1S/C18H30N4O/c1-13(2)11-20-17(19-6)21-12-14-8-7-9-15(10-14)16(23)22-18(3,4)5/h7-10,13H,11-12H2,1-6H3,(H,22,23)(H2,19,20,21). The van der Waals surface area contributed by atoms with Gasteiger partial charge in [0, 0.05) is 31.2 Å². The average molecular weight is 318 g/mol. The van der Waals surface area contributed by atoms with E-state index >= 15 is 0 Å². The number of benzene rings is 1. The van der Waals surface area contributed by atoms with Crippen molar-refractivity contribution in [1.82, 2.24) is 16.0 Å². The summed E-state index contributed by atoms with van der Waals surface area (Å²) in [7, 11) is 1.75. The maximum atomic E-state index is 12.2. The lowest BCUT2D eigenvalue weighted by molar-refractivity contribution is 0.0919. The van der Waals surface area contributed by atoms with Crippen LogP contribution in [-0.4, -0.2) is 31.0 Å². The van der Waals surface area contributed by atoms with E-state index in [0.29, 0.717) is 18.0 Å². The molecule has 1 aromatic carbocycles. The molecule has 0 fully saturated rings. The number of hydrogen-bond acceptors (Lipinski definition) is 2. The molecule has 0 bridgehead atoms. The third kappa shape index (κ3) is 7.68. The molecule has 0 heterocycles. The van der Waals surface area contributed by atoms with E-state index in [9.17, 15) is 4.79 Å². The number of guanidine groups is 1. The van der Waals surface area contributed by atoms with Crippen LogP contribution in [0.3, 0.4) is 0 Å². The molecule has 1 aromatic rings. The van der Waals surface area contributed by atoms with Crippen molar-refractivity contribution in [3.05, 3.63) is 35.4 Å². The molecule has 0 radical (unpaired) electrons. The van der Waals surface area contributed by atoms with Gasteiger partial charge in [-0.05, 0) is 44.4 Å². The predicted octanol–water partition coefficient (Wildman–Crippen LogP) is 2.54. The number of nitrogens with zero attached hydrogens (tertiary/aromatic N) is 1. The Hall–Kier alpha value is -2.04. The first-order valence-electron chi connectivity index (χ1n) is 8.07. The number of nitrogens with one attached hydrogen (secondary N) is 3. The maximum absolute atomic E-state index is 12.2. The summed E-state index contributed by atoms with van der Waals surface area (Å²) in [6.45, 7) is 11.7. The van der Waals surface area contributed by atoms with Crippen LogP contribution < -0.4 is 16.0 Å². The lowest BCUT2D eigenvalue weighted by atomic mass is 10.1. The second-order valence-electron chi connectivity index (χ2n) is 7.11. The zero-order valence-corrected chi connectivity index (χ0v) is 15.2. The van der Waals surface area contributed by atoms with Crippen LogP contribution in [0.2, 0.25) is 0 Å². The molecule has 23 heavy (non-hydrogen) atoms. The molecule has 0 aliphatic heterocycles. The van der Waals surface area contributed by atoms with Gasteiger partial charge in [-0.1, -0.05) is 26.0 Å². The van der Waals surface area contributed by atoms with Crippen LogP contribution >= 0.6 is 0 Å². The summed E-state index contributed by atoms with van der Waals surface area (Å²) >= 11 is 0. The number of carbonyl (C=O) groups is 1. The highest BCUT2D eigenvalue weighted by atomic mass is 16.1. The summed E-state index contributed by atoms with van der Waals surface area (Å²) in [4.78, 5) is 16.4. The molecule has 128 valence electrons. The van der Waals surface area contributed by atoms with Gasteiger partial charge in [0.05, 0.1) is 0 Å². The third-order valence-corrected chi connectivity index (χ3v) is 3.04. The van der Waals surface area contributed by atoms with Crippen molar-refractivity contribution in [1.29, 1.82) is 0 Å². The summed E-state index contributed by atoms with van der Waals surface area (Å²) in [6.07, 6.45) is 0. The van der Waals surface area contributed by atoms with Gasteiger partial charge >= 0.3 is 0 Å². The van der Waals surface area contributed by atoms with E-state index in [0.717, 1.165) is 18.1 Å². The smallest absolute Gasteiger partial charge is 0.251 e. The Morgan fingerprint density at radius 3 is 2.48 bits per heavy atom. The number of carbonyl (C=O) groups excluding carboxylic acids is 1. The molecule has 0 spiro atoms. The molecule has 3 N–H and O–H groups in total. The number of aliphatic imine (C=N–C) groups is 1. The van der Waals surface area contributed by atoms with Crippen LogP contribution in [-0.2, 0) is 6.54 Å². The number of hydrogen-bond donors (Lipinski definition) is 3. The molecule has 1 rings (SSSR count). The van der Waals surface area contributed by atoms with Crippen LogP contribution in [0.4, 0.5) is 0 Å². The molecule has 0 saturated heterocycles. The molecule has 5 nitrogen and oxygen atoms in total. The molecule has 0 aromatic heterocycles. The Balaban J connectivity index is 2.65. The summed E-state index contributed by atoms with van der Waals surface area (Å²) < 4.78 is 0. The van der Waals surface area contributed by atoms with Crippen molar-refractivity contribution in [2.45, 2.75) is 46.7 Å². The lowest BCUT2D eigenvalue weighted by Gasteiger charge is -2.20. The lowest BCUT2D eigenvalue weighted by Crippen LogP contribution is -2.40. The first-order valence-corrected chi connectivity index (χ1v) is 8.07.